The predicted octanol–water partition coefficient (Wildman–Crippen LogP) is -0.827. The Bertz CT molecular complexity index is 419. The average Bonchev–Trinajstić information content (AvgIpc) is 2.64. The second-order valence-electron chi connectivity index (χ2n) is 3.10. The molecule has 0 bridgehead atoms. The Morgan fingerprint density at radius 3 is 2.82 bits per heavy atom. The van der Waals surface area contributed by atoms with Crippen LogP contribution in [0.4, 0.5) is 5.95 Å². The van der Waals surface area contributed by atoms with Gasteiger partial charge < -0.3 is 16.2 Å². The number of anilines is 1. The number of aliphatic carboxylic acids is 1. The summed E-state index contributed by atoms with van der Waals surface area (Å²) in [7, 11) is 1.54. The Morgan fingerprint density at radius 1 is 1.53 bits per heavy atom. The number of amides is 1. The van der Waals surface area contributed by atoms with E-state index in [1.54, 1.807) is 0 Å². The molecule has 0 saturated heterocycles. The van der Waals surface area contributed by atoms with Gasteiger partial charge in [-0.15, -0.1) is 10.2 Å². The van der Waals surface area contributed by atoms with E-state index in [0.717, 1.165) is 11.8 Å². The number of hydrogen-bond donors (Lipinski definition) is 3. The third-order valence-electron chi connectivity index (χ3n) is 1.91. The quantitative estimate of drug-likeness (QED) is 0.570. The van der Waals surface area contributed by atoms with Gasteiger partial charge in [0, 0.05) is 20.0 Å². The first-order chi connectivity index (χ1) is 8.04. The molecule has 0 aliphatic rings. The Hall–Kier alpha value is -1.77. The standard InChI is InChI=1S/C8H13N5O3S/c1-10-5(14)2-3-13-7(9)11-12-8(13)17-4-6(15)16/h2-4H2,1H3,(H2,9,11)(H,10,14)(H,15,16). The zero-order valence-electron chi connectivity index (χ0n) is 9.21. The van der Waals surface area contributed by atoms with E-state index in [2.05, 4.69) is 15.5 Å². The Morgan fingerprint density at radius 2 is 2.24 bits per heavy atom. The third-order valence-corrected chi connectivity index (χ3v) is 2.86. The second kappa shape index (κ2) is 6.09. The van der Waals surface area contributed by atoms with E-state index in [-0.39, 0.29) is 24.0 Å². The fraction of sp³-hybridized carbons (Fsp3) is 0.500. The van der Waals surface area contributed by atoms with Crippen molar-refractivity contribution in [1.29, 1.82) is 0 Å². The van der Waals surface area contributed by atoms with Crippen LogP contribution in [-0.4, -0.2) is 44.5 Å². The molecule has 1 amide bonds. The number of carbonyl (C=O) groups excluding carboxylic acids is 1. The molecule has 0 aliphatic carbocycles. The van der Waals surface area contributed by atoms with E-state index in [1.165, 1.54) is 11.6 Å². The van der Waals surface area contributed by atoms with Crippen LogP contribution in [0.5, 0.6) is 0 Å². The van der Waals surface area contributed by atoms with Gasteiger partial charge in [-0.25, -0.2) is 0 Å². The van der Waals surface area contributed by atoms with Gasteiger partial charge in [0.1, 0.15) is 0 Å². The van der Waals surface area contributed by atoms with Gasteiger partial charge in [-0.2, -0.15) is 0 Å². The van der Waals surface area contributed by atoms with Crippen LogP contribution in [0.25, 0.3) is 0 Å². The molecular formula is C8H13N5O3S. The number of nitrogen functional groups attached to an aromatic ring is 1. The molecule has 94 valence electrons. The summed E-state index contributed by atoms with van der Waals surface area (Å²) >= 11 is 1.01. The summed E-state index contributed by atoms with van der Waals surface area (Å²) < 4.78 is 1.52. The number of aromatic nitrogens is 3. The zero-order valence-corrected chi connectivity index (χ0v) is 10.0. The van der Waals surface area contributed by atoms with E-state index in [9.17, 15) is 9.59 Å². The highest BCUT2D eigenvalue weighted by Gasteiger charge is 2.12. The monoisotopic (exact) mass is 259 g/mol. The van der Waals surface area contributed by atoms with Gasteiger partial charge in [0.2, 0.25) is 11.9 Å². The van der Waals surface area contributed by atoms with E-state index < -0.39 is 5.97 Å². The van der Waals surface area contributed by atoms with Crippen LogP contribution < -0.4 is 11.1 Å². The fourth-order valence-electron chi connectivity index (χ4n) is 1.08. The van der Waals surface area contributed by atoms with Gasteiger partial charge in [0.25, 0.3) is 0 Å². The number of nitrogens with zero attached hydrogens (tertiary/aromatic N) is 3. The molecule has 1 heterocycles. The highest BCUT2D eigenvalue weighted by atomic mass is 32.2. The summed E-state index contributed by atoms with van der Waals surface area (Å²) in [4.78, 5) is 21.5. The molecule has 0 spiro atoms. The summed E-state index contributed by atoms with van der Waals surface area (Å²) in [5.74, 6) is -1.04. The normalized spacial score (nSPS) is 10.2. The number of carboxylic acids is 1. The van der Waals surface area contributed by atoms with E-state index >= 15 is 0 Å². The van der Waals surface area contributed by atoms with Crippen molar-refractivity contribution in [1.82, 2.24) is 20.1 Å². The topological polar surface area (TPSA) is 123 Å². The van der Waals surface area contributed by atoms with E-state index in [4.69, 9.17) is 10.8 Å². The Balaban J connectivity index is 2.65. The number of nitrogens with one attached hydrogen (secondary N) is 1. The average molecular weight is 259 g/mol. The molecule has 0 radical (unpaired) electrons. The molecule has 1 rings (SSSR count). The molecule has 0 atom stereocenters. The van der Waals surface area contributed by atoms with Gasteiger partial charge in [-0.3, -0.25) is 14.2 Å². The van der Waals surface area contributed by atoms with Crippen molar-refractivity contribution < 1.29 is 14.7 Å². The lowest BCUT2D eigenvalue weighted by molar-refractivity contribution is -0.134. The summed E-state index contributed by atoms with van der Waals surface area (Å²) in [5, 5.41) is 18.8. The molecule has 0 aromatic carbocycles. The van der Waals surface area contributed by atoms with Crippen molar-refractivity contribution >= 4 is 29.6 Å². The van der Waals surface area contributed by atoms with Crippen molar-refractivity contribution in [3.63, 3.8) is 0 Å². The van der Waals surface area contributed by atoms with Crippen LogP contribution in [0.15, 0.2) is 5.16 Å². The van der Waals surface area contributed by atoms with Crippen LogP contribution in [0.1, 0.15) is 6.42 Å². The largest absolute Gasteiger partial charge is 0.481 e. The van der Waals surface area contributed by atoms with Crippen LogP contribution >= 0.6 is 11.8 Å². The first kappa shape index (κ1) is 13.3. The summed E-state index contributed by atoms with van der Waals surface area (Å²) in [6, 6.07) is 0. The number of carbonyl (C=O) groups is 2. The highest BCUT2D eigenvalue weighted by Crippen LogP contribution is 2.18. The van der Waals surface area contributed by atoms with Gasteiger partial charge in [0.05, 0.1) is 5.75 Å². The molecule has 0 unspecified atom stereocenters. The van der Waals surface area contributed by atoms with Crippen LogP contribution in [0.2, 0.25) is 0 Å². The van der Waals surface area contributed by atoms with Gasteiger partial charge in [0.15, 0.2) is 5.16 Å². The maximum atomic E-state index is 11.1. The zero-order chi connectivity index (χ0) is 12.8. The summed E-state index contributed by atoms with van der Waals surface area (Å²) in [5.41, 5.74) is 5.57. The molecule has 4 N–H and O–H groups in total. The lowest BCUT2D eigenvalue weighted by Gasteiger charge is -2.06. The number of carboxylic acid groups (broad SMARTS) is 1. The number of thioether (sulfide) groups is 1. The predicted molar refractivity (Wildman–Crippen MR) is 61.5 cm³/mol. The van der Waals surface area contributed by atoms with Gasteiger partial charge in [-0.1, -0.05) is 11.8 Å². The van der Waals surface area contributed by atoms with E-state index in [0.29, 0.717) is 11.7 Å². The smallest absolute Gasteiger partial charge is 0.313 e. The number of nitrogens with two attached hydrogens (primary N) is 1. The lowest BCUT2D eigenvalue weighted by atomic mass is 10.4. The second-order valence-corrected chi connectivity index (χ2v) is 4.04. The van der Waals surface area contributed by atoms with Gasteiger partial charge in [-0.05, 0) is 0 Å². The minimum atomic E-state index is -0.950. The minimum Gasteiger partial charge on any atom is -0.481 e. The van der Waals surface area contributed by atoms with Crippen molar-refractivity contribution in [3.8, 4) is 0 Å². The van der Waals surface area contributed by atoms with Crippen molar-refractivity contribution in [2.24, 2.45) is 0 Å². The van der Waals surface area contributed by atoms with Crippen molar-refractivity contribution in [2.45, 2.75) is 18.1 Å². The third kappa shape index (κ3) is 3.94. The van der Waals surface area contributed by atoms with Crippen molar-refractivity contribution in [2.75, 3.05) is 18.5 Å². The molecule has 0 saturated carbocycles. The van der Waals surface area contributed by atoms with E-state index in [1.807, 2.05) is 0 Å². The number of rotatable bonds is 6. The number of hydrogen-bond acceptors (Lipinski definition) is 6. The SMILES string of the molecule is CNC(=O)CCn1c(N)nnc1SCC(=O)O. The van der Waals surface area contributed by atoms with Crippen LogP contribution in [0, 0.1) is 0 Å². The van der Waals surface area contributed by atoms with Crippen LogP contribution in [0.3, 0.4) is 0 Å². The lowest BCUT2D eigenvalue weighted by Crippen LogP contribution is -2.20. The maximum absolute atomic E-state index is 11.1. The van der Waals surface area contributed by atoms with Crippen LogP contribution in [-0.2, 0) is 16.1 Å². The molecule has 0 fully saturated rings. The molecular weight excluding hydrogens is 246 g/mol. The maximum Gasteiger partial charge on any atom is 0.313 e. The summed E-state index contributed by atoms with van der Waals surface area (Å²) in [6.45, 7) is 0.320. The fourth-order valence-corrected chi connectivity index (χ4v) is 1.77. The molecule has 0 aliphatic heterocycles. The molecule has 17 heavy (non-hydrogen) atoms. The van der Waals surface area contributed by atoms with Gasteiger partial charge >= 0.3 is 5.97 Å². The molecule has 1 aromatic heterocycles. The Kier molecular flexibility index (Phi) is 4.76. The molecule has 1 aromatic rings. The first-order valence-corrected chi connectivity index (χ1v) is 5.77. The van der Waals surface area contributed by atoms with Crippen molar-refractivity contribution in [3.05, 3.63) is 0 Å². The highest BCUT2D eigenvalue weighted by molar-refractivity contribution is 7.99. The Labute approximate surface area is 102 Å². The molecule has 9 heteroatoms. The summed E-state index contributed by atoms with van der Waals surface area (Å²) in [6.07, 6.45) is 0.235. The molecule has 8 nitrogen and oxygen atoms in total. The first-order valence-electron chi connectivity index (χ1n) is 4.78. The minimum absolute atomic E-state index is 0.127.